The van der Waals surface area contributed by atoms with Crippen LogP contribution in [0.2, 0.25) is 0 Å². The van der Waals surface area contributed by atoms with Crippen LogP contribution >= 0.6 is 0 Å². The molecule has 3 heteroatoms. The van der Waals surface area contributed by atoms with E-state index in [1.807, 2.05) is 40.7 Å². The van der Waals surface area contributed by atoms with E-state index in [-0.39, 0.29) is 17.8 Å². The standard InChI is InChI=1S/C15H24FNO/c1-6-18-15(9(2)3)14(17)13-11(5)7-10(4)8-12(13)16/h7-9,14-15H,6,17H2,1-5H3. The smallest absolute Gasteiger partial charge is 0.128 e. The van der Waals surface area contributed by atoms with E-state index in [9.17, 15) is 4.39 Å². The van der Waals surface area contributed by atoms with Gasteiger partial charge in [0.05, 0.1) is 12.1 Å². The minimum Gasteiger partial charge on any atom is -0.376 e. The van der Waals surface area contributed by atoms with E-state index in [2.05, 4.69) is 0 Å². The predicted molar refractivity (Wildman–Crippen MR) is 73.1 cm³/mol. The summed E-state index contributed by atoms with van der Waals surface area (Å²) in [5, 5.41) is 0. The topological polar surface area (TPSA) is 35.2 Å². The number of hydrogen-bond donors (Lipinski definition) is 1. The lowest BCUT2D eigenvalue weighted by atomic mass is 9.90. The van der Waals surface area contributed by atoms with Crippen LogP contribution < -0.4 is 5.73 Å². The molecule has 0 fully saturated rings. The van der Waals surface area contributed by atoms with Gasteiger partial charge in [-0.15, -0.1) is 0 Å². The lowest BCUT2D eigenvalue weighted by molar-refractivity contribution is 0.0113. The maximum absolute atomic E-state index is 14.1. The average Bonchev–Trinajstić information content (AvgIpc) is 2.23. The Labute approximate surface area is 109 Å². The van der Waals surface area contributed by atoms with Crippen molar-refractivity contribution in [3.05, 3.63) is 34.6 Å². The summed E-state index contributed by atoms with van der Waals surface area (Å²) in [5.74, 6) is 0.0189. The summed E-state index contributed by atoms with van der Waals surface area (Å²) < 4.78 is 19.8. The van der Waals surface area contributed by atoms with Gasteiger partial charge in [0.2, 0.25) is 0 Å². The summed E-state index contributed by atoms with van der Waals surface area (Å²) in [5.41, 5.74) is 8.60. The summed E-state index contributed by atoms with van der Waals surface area (Å²) in [6.07, 6.45) is -0.161. The molecular formula is C15H24FNO. The molecule has 0 aliphatic carbocycles. The normalized spacial score (nSPS) is 14.9. The number of aryl methyl sites for hydroxylation is 2. The first-order chi connectivity index (χ1) is 8.38. The Kier molecular flexibility index (Phi) is 5.29. The molecule has 1 aromatic carbocycles. The fraction of sp³-hybridized carbons (Fsp3) is 0.600. The Morgan fingerprint density at radius 2 is 1.89 bits per heavy atom. The van der Waals surface area contributed by atoms with Crippen LogP contribution in [0.15, 0.2) is 12.1 Å². The molecule has 0 aliphatic rings. The maximum atomic E-state index is 14.1. The van der Waals surface area contributed by atoms with Gasteiger partial charge in [-0.3, -0.25) is 0 Å². The van der Waals surface area contributed by atoms with Crippen LogP contribution in [-0.2, 0) is 4.74 Å². The summed E-state index contributed by atoms with van der Waals surface area (Å²) in [6, 6.07) is 3.07. The first-order valence-corrected chi connectivity index (χ1v) is 6.52. The summed E-state index contributed by atoms with van der Waals surface area (Å²) in [6.45, 7) is 10.4. The Bertz CT molecular complexity index is 380. The van der Waals surface area contributed by atoms with E-state index in [1.165, 1.54) is 6.07 Å². The summed E-state index contributed by atoms with van der Waals surface area (Å²) >= 11 is 0. The number of rotatable bonds is 5. The van der Waals surface area contributed by atoms with Crippen LogP contribution in [0.25, 0.3) is 0 Å². The highest BCUT2D eigenvalue weighted by atomic mass is 19.1. The van der Waals surface area contributed by atoms with Crippen molar-refractivity contribution in [3.63, 3.8) is 0 Å². The molecule has 0 aliphatic heterocycles. The van der Waals surface area contributed by atoms with Crippen molar-refractivity contribution in [1.82, 2.24) is 0 Å². The van der Waals surface area contributed by atoms with Gasteiger partial charge in [-0.25, -0.2) is 4.39 Å². The number of halogens is 1. The van der Waals surface area contributed by atoms with Crippen molar-refractivity contribution in [2.45, 2.75) is 46.8 Å². The highest BCUT2D eigenvalue weighted by Gasteiger charge is 2.26. The molecule has 102 valence electrons. The minimum absolute atomic E-state index is 0.161. The fourth-order valence-electron chi connectivity index (χ4n) is 2.42. The molecule has 0 saturated heterocycles. The van der Waals surface area contributed by atoms with E-state index < -0.39 is 6.04 Å². The van der Waals surface area contributed by atoms with E-state index in [0.717, 1.165) is 11.1 Å². The third-order valence-electron chi connectivity index (χ3n) is 3.18. The minimum atomic E-state index is -0.425. The zero-order chi connectivity index (χ0) is 13.9. The van der Waals surface area contributed by atoms with E-state index in [1.54, 1.807) is 0 Å². The molecule has 2 unspecified atom stereocenters. The van der Waals surface area contributed by atoms with Gasteiger partial charge in [0.25, 0.3) is 0 Å². The molecule has 0 aromatic heterocycles. The predicted octanol–water partition coefficient (Wildman–Crippen LogP) is 3.50. The molecule has 0 radical (unpaired) electrons. The molecule has 1 rings (SSSR count). The van der Waals surface area contributed by atoms with Crippen molar-refractivity contribution in [2.24, 2.45) is 11.7 Å². The zero-order valence-electron chi connectivity index (χ0n) is 12.0. The highest BCUT2D eigenvalue weighted by molar-refractivity contribution is 5.34. The van der Waals surface area contributed by atoms with Gasteiger partial charge in [0.1, 0.15) is 5.82 Å². The second kappa shape index (κ2) is 6.30. The molecule has 0 saturated carbocycles. The van der Waals surface area contributed by atoms with Crippen LogP contribution in [0.5, 0.6) is 0 Å². The number of nitrogens with two attached hydrogens (primary N) is 1. The molecular weight excluding hydrogens is 229 g/mol. The Morgan fingerprint density at radius 3 is 2.33 bits per heavy atom. The number of benzene rings is 1. The average molecular weight is 253 g/mol. The van der Waals surface area contributed by atoms with E-state index in [4.69, 9.17) is 10.5 Å². The van der Waals surface area contributed by atoms with Gasteiger partial charge in [-0.05, 0) is 43.9 Å². The molecule has 0 bridgehead atoms. The lowest BCUT2D eigenvalue weighted by Crippen LogP contribution is -2.34. The van der Waals surface area contributed by atoms with Gasteiger partial charge in [-0.2, -0.15) is 0 Å². The maximum Gasteiger partial charge on any atom is 0.128 e. The van der Waals surface area contributed by atoms with Crippen LogP contribution in [0.4, 0.5) is 4.39 Å². The zero-order valence-corrected chi connectivity index (χ0v) is 12.0. The van der Waals surface area contributed by atoms with Crippen molar-refractivity contribution >= 4 is 0 Å². The van der Waals surface area contributed by atoms with Crippen molar-refractivity contribution in [3.8, 4) is 0 Å². The molecule has 0 heterocycles. The SMILES string of the molecule is CCOC(C(C)C)C(N)c1c(C)cc(C)cc1F. The second-order valence-electron chi connectivity index (χ2n) is 5.17. The van der Waals surface area contributed by atoms with Gasteiger partial charge < -0.3 is 10.5 Å². The quantitative estimate of drug-likeness (QED) is 0.871. The molecule has 2 nitrogen and oxygen atoms in total. The fourth-order valence-corrected chi connectivity index (χ4v) is 2.42. The Morgan fingerprint density at radius 1 is 1.28 bits per heavy atom. The van der Waals surface area contributed by atoms with E-state index in [0.29, 0.717) is 12.2 Å². The Balaban J connectivity index is 3.12. The highest BCUT2D eigenvalue weighted by Crippen LogP contribution is 2.28. The molecule has 0 spiro atoms. The van der Waals surface area contributed by atoms with Crippen LogP contribution in [0.3, 0.4) is 0 Å². The third kappa shape index (κ3) is 3.30. The summed E-state index contributed by atoms with van der Waals surface area (Å²) in [4.78, 5) is 0. The Hall–Kier alpha value is -0.930. The van der Waals surface area contributed by atoms with Crippen LogP contribution in [-0.4, -0.2) is 12.7 Å². The molecule has 1 aromatic rings. The second-order valence-corrected chi connectivity index (χ2v) is 5.17. The first kappa shape index (κ1) is 15.1. The molecule has 0 amide bonds. The number of ether oxygens (including phenoxy) is 1. The van der Waals surface area contributed by atoms with Gasteiger partial charge in [0, 0.05) is 12.2 Å². The van der Waals surface area contributed by atoms with Gasteiger partial charge in [-0.1, -0.05) is 19.9 Å². The van der Waals surface area contributed by atoms with Crippen LogP contribution in [0.1, 0.15) is 43.5 Å². The summed E-state index contributed by atoms with van der Waals surface area (Å²) in [7, 11) is 0. The molecule has 18 heavy (non-hydrogen) atoms. The van der Waals surface area contributed by atoms with E-state index >= 15 is 0 Å². The third-order valence-corrected chi connectivity index (χ3v) is 3.18. The van der Waals surface area contributed by atoms with Crippen LogP contribution in [0, 0.1) is 25.6 Å². The van der Waals surface area contributed by atoms with Gasteiger partial charge >= 0.3 is 0 Å². The lowest BCUT2D eigenvalue weighted by Gasteiger charge is -2.28. The van der Waals surface area contributed by atoms with Crippen molar-refractivity contribution in [1.29, 1.82) is 0 Å². The molecule has 2 N–H and O–H groups in total. The van der Waals surface area contributed by atoms with Crippen molar-refractivity contribution < 1.29 is 9.13 Å². The largest absolute Gasteiger partial charge is 0.376 e. The van der Waals surface area contributed by atoms with Crippen molar-refractivity contribution in [2.75, 3.05) is 6.61 Å². The monoisotopic (exact) mass is 253 g/mol. The number of hydrogen-bond acceptors (Lipinski definition) is 2. The molecule has 2 atom stereocenters. The first-order valence-electron chi connectivity index (χ1n) is 6.52. The van der Waals surface area contributed by atoms with Gasteiger partial charge in [0.15, 0.2) is 0 Å².